The summed E-state index contributed by atoms with van der Waals surface area (Å²) in [6.45, 7) is 7.00. The van der Waals surface area contributed by atoms with E-state index in [-0.39, 0.29) is 12.8 Å². The normalized spacial score (nSPS) is 12.9. The van der Waals surface area contributed by atoms with Crippen LogP contribution in [0.15, 0.2) is 12.2 Å². The number of rotatable bonds is 9. The molecule has 0 spiro atoms. The van der Waals surface area contributed by atoms with Crippen molar-refractivity contribution in [2.24, 2.45) is 0 Å². The van der Waals surface area contributed by atoms with E-state index in [0.717, 1.165) is 6.42 Å². The van der Waals surface area contributed by atoms with Crippen molar-refractivity contribution < 1.29 is 16.8 Å². The van der Waals surface area contributed by atoms with E-state index in [4.69, 9.17) is 0 Å². The van der Waals surface area contributed by atoms with E-state index in [2.05, 4.69) is 6.58 Å². The zero-order valence-corrected chi connectivity index (χ0v) is 12.4. The van der Waals surface area contributed by atoms with E-state index in [1.54, 1.807) is 6.92 Å². The van der Waals surface area contributed by atoms with Crippen LogP contribution in [0, 0.1) is 5.21 Å². The summed E-state index contributed by atoms with van der Waals surface area (Å²) in [5.74, 6) is -0.963. The van der Waals surface area contributed by atoms with Crippen LogP contribution in [0.2, 0.25) is 0 Å². The smallest absolute Gasteiger partial charge is 0.216 e. The highest BCUT2D eigenvalue weighted by Crippen LogP contribution is 2.13. The van der Waals surface area contributed by atoms with Crippen LogP contribution in [0.3, 0.4) is 0 Å². The van der Waals surface area contributed by atoms with Crippen LogP contribution in [-0.2, 0) is 20.0 Å². The molecule has 0 unspecified atom stereocenters. The molecule has 18 heavy (non-hydrogen) atoms. The molecule has 108 valence electrons. The van der Waals surface area contributed by atoms with E-state index in [0.29, 0.717) is 12.0 Å². The third-order valence-corrected chi connectivity index (χ3v) is 6.04. The van der Waals surface area contributed by atoms with Gasteiger partial charge in [-0.2, -0.15) is 3.87 Å². The number of allylic oxidation sites excluding steroid dienone is 1. The minimum absolute atomic E-state index is 0.0750. The number of hydrogen-bond donors (Lipinski definition) is 0. The zero-order valence-electron chi connectivity index (χ0n) is 10.8. The first-order valence-corrected chi connectivity index (χ1v) is 8.92. The SMILES string of the molecule is C=C(C)CCS(=O)(=O)N([O-])S(=O)(=O)CCCCC. The van der Waals surface area contributed by atoms with E-state index in [1.807, 2.05) is 6.92 Å². The number of unbranched alkanes of at least 4 members (excludes halogenated alkanes) is 2. The molecule has 0 aromatic heterocycles. The van der Waals surface area contributed by atoms with E-state index in [9.17, 15) is 22.0 Å². The standard InChI is InChI=1S/C10H20NO5S2/c1-4-5-6-8-17(13,14)11(12)18(15,16)9-7-10(2)3/h2,4-9H2,1,3H3/q-1. The Morgan fingerprint density at radius 1 is 1.11 bits per heavy atom. The summed E-state index contributed by atoms with van der Waals surface area (Å²) in [6.07, 6.45) is 1.79. The third-order valence-electron chi connectivity index (χ3n) is 2.25. The molecule has 0 aromatic rings. The van der Waals surface area contributed by atoms with Gasteiger partial charge in [-0.1, -0.05) is 25.3 Å². The van der Waals surface area contributed by atoms with Gasteiger partial charge in [-0.3, -0.25) is 0 Å². The molecular formula is C10H20NO5S2-. The third kappa shape index (κ3) is 5.94. The number of nitrogens with zero attached hydrogens (tertiary/aromatic N) is 1. The Labute approximate surface area is 109 Å². The molecule has 0 aliphatic heterocycles. The monoisotopic (exact) mass is 298 g/mol. The molecule has 0 N–H and O–H groups in total. The van der Waals surface area contributed by atoms with Crippen molar-refractivity contribution in [3.8, 4) is 0 Å². The van der Waals surface area contributed by atoms with Crippen LogP contribution in [0.1, 0.15) is 39.5 Å². The van der Waals surface area contributed by atoms with Gasteiger partial charge >= 0.3 is 0 Å². The van der Waals surface area contributed by atoms with Crippen molar-refractivity contribution >= 4 is 20.0 Å². The lowest BCUT2D eigenvalue weighted by Crippen LogP contribution is -2.35. The first kappa shape index (κ1) is 17.6. The minimum Gasteiger partial charge on any atom is -0.759 e. The van der Waals surface area contributed by atoms with Crippen LogP contribution in [0.25, 0.3) is 0 Å². The van der Waals surface area contributed by atoms with Crippen LogP contribution in [0.4, 0.5) is 0 Å². The van der Waals surface area contributed by atoms with Gasteiger partial charge in [0.1, 0.15) is 0 Å². The Balaban J connectivity index is 4.70. The molecule has 6 nitrogen and oxygen atoms in total. The van der Waals surface area contributed by atoms with Crippen molar-refractivity contribution in [1.29, 1.82) is 0 Å². The summed E-state index contributed by atoms with van der Waals surface area (Å²) in [4.78, 5) is 0. The van der Waals surface area contributed by atoms with Gasteiger partial charge < -0.3 is 5.21 Å². The van der Waals surface area contributed by atoms with Crippen molar-refractivity contribution in [3.05, 3.63) is 17.4 Å². The molecule has 0 fully saturated rings. The second-order valence-corrected chi connectivity index (χ2v) is 8.25. The molecule has 0 rings (SSSR count). The number of hydrogen-bond acceptors (Lipinski definition) is 5. The topological polar surface area (TPSA) is 94.6 Å². The highest BCUT2D eigenvalue weighted by atomic mass is 32.3. The minimum atomic E-state index is -4.32. The van der Waals surface area contributed by atoms with Crippen LogP contribution < -0.4 is 0 Å². The number of sulfonamides is 2. The van der Waals surface area contributed by atoms with Crippen LogP contribution >= 0.6 is 0 Å². The predicted octanol–water partition coefficient (Wildman–Crippen LogP) is 1.60. The van der Waals surface area contributed by atoms with Gasteiger partial charge in [-0.25, -0.2) is 16.8 Å². The molecule has 0 aliphatic carbocycles. The van der Waals surface area contributed by atoms with Gasteiger partial charge in [-0.05, 0) is 19.8 Å². The summed E-state index contributed by atoms with van der Waals surface area (Å²) in [5.41, 5.74) is 0.579. The molecule has 0 amide bonds. The van der Waals surface area contributed by atoms with Crippen LogP contribution in [-0.4, -0.2) is 32.2 Å². The lowest BCUT2D eigenvalue weighted by atomic mass is 10.3. The first-order valence-electron chi connectivity index (χ1n) is 5.71. The average molecular weight is 298 g/mol. The van der Waals surface area contributed by atoms with Gasteiger partial charge in [0.05, 0.1) is 11.5 Å². The van der Waals surface area contributed by atoms with Crippen molar-refractivity contribution in [1.82, 2.24) is 3.87 Å². The Bertz CT molecular complexity index is 466. The van der Waals surface area contributed by atoms with E-state index < -0.39 is 35.4 Å². The summed E-state index contributed by atoms with van der Waals surface area (Å²) in [5, 5.41) is 11.4. The maximum atomic E-state index is 11.5. The zero-order chi connectivity index (χ0) is 14.4. The van der Waals surface area contributed by atoms with Crippen molar-refractivity contribution in [2.45, 2.75) is 39.5 Å². The maximum Gasteiger partial charge on any atom is 0.216 e. The van der Waals surface area contributed by atoms with E-state index >= 15 is 0 Å². The highest BCUT2D eigenvalue weighted by Gasteiger charge is 2.24. The molecule has 0 bridgehead atoms. The second-order valence-electron chi connectivity index (χ2n) is 4.21. The predicted molar refractivity (Wildman–Crippen MR) is 71.7 cm³/mol. The Morgan fingerprint density at radius 3 is 2.06 bits per heavy atom. The van der Waals surface area contributed by atoms with Gasteiger partial charge in [0.15, 0.2) is 0 Å². The van der Waals surface area contributed by atoms with Crippen LogP contribution in [0.5, 0.6) is 0 Å². The summed E-state index contributed by atoms with van der Waals surface area (Å²) in [6, 6.07) is 0. The molecule has 0 aromatic carbocycles. The fourth-order valence-corrected chi connectivity index (χ4v) is 4.46. The Morgan fingerprint density at radius 2 is 1.61 bits per heavy atom. The summed E-state index contributed by atoms with van der Waals surface area (Å²) < 4.78 is 45.3. The van der Waals surface area contributed by atoms with Crippen molar-refractivity contribution in [2.75, 3.05) is 11.5 Å². The van der Waals surface area contributed by atoms with Gasteiger partial charge in [0.2, 0.25) is 20.0 Å². The fraction of sp³-hybridized carbons (Fsp3) is 0.800. The molecule has 0 radical (unpaired) electrons. The Kier molecular flexibility index (Phi) is 7.05. The van der Waals surface area contributed by atoms with Gasteiger partial charge in [0, 0.05) is 0 Å². The lowest BCUT2D eigenvalue weighted by molar-refractivity contribution is 0.534. The summed E-state index contributed by atoms with van der Waals surface area (Å²) >= 11 is 0. The largest absolute Gasteiger partial charge is 0.759 e. The fourth-order valence-electron chi connectivity index (χ4n) is 1.16. The molecule has 8 heteroatoms. The molecule has 0 aliphatic rings. The molecular weight excluding hydrogens is 278 g/mol. The van der Waals surface area contributed by atoms with Gasteiger partial charge in [-0.15, -0.1) is 6.58 Å². The second kappa shape index (κ2) is 7.22. The lowest BCUT2D eigenvalue weighted by Gasteiger charge is -2.26. The Hall–Kier alpha value is -0.440. The highest BCUT2D eigenvalue weighted by molar-refractivity contribution is 8.04. The molecule has 0 saturated heterocycles. The molecule has 0 saturated carbocycles. The summed E-state index contributed by atoms with van der Waals surface area (Å²) in [7, 11) is -8.60. The van der Waals surface area contributed by atoms with E-state index in [1.165, 1.54) is 0 Å². The van der Waals surface area contributed by atoms with Gasteiger partial charge in [0.25, 0.3) is 0 Å². The first-order chi connectivity index (χ1) is 8.13. The maximum absolute atomic E-state index is 11.5. The average Bonchev–Trinajstić information content (AvgIpc) is 2.25. The quantitative estimate of drug-likeness (QED) is 0.366. The van der Waals surface area contributed by atoms with Crippen molar-refractivity contribution in [3.63, 3.8) is 0 Å². The molecule has 0 atom stereocenters. The molecule has 0 heterocycles.